The molecule has 8 heteroatoms. The number of rotatable bonds is 4. The first-order valence-electron chi connectivity index (χ1n) is 7.36. The molecule has 0 aliphatic carbocycles. The van der Waals surface area contributed by atoms with Crippen molar-refractivity contribution < 1.29 is 14.1 Å². The lowest BCUT2D eigenvalue weighted by Crippen LogP contribution is -2.13. The molecule has 7 nitrogen and oxygen atoms in total. The van der Waals surface area contributed by atoms with Gasteiger partial charge in [0.05, 0.1) is 10.4 Å². The number of aromatic amines is 1. The van der Waals surface area contributed by atoms with Gasteiger partial charge in [0.25, 0.3) is 5.89 Å². The second-order valence-electron chi connectivity index (χ2n) is 5.16. The second-order valence-corrected chi connectivity index (χ2v) is 6.11. The van der Waals surface area contributed by atoms with E-state index in [-0.39, 0.29) is 23.6 Å². The molecule has 0 aliphatic rings. The van der Waals surface area contributed by atoms with E-state index < -0.39 is 5.97 Å². The Hall–Kier alpha value is -3.26. The molecule has 0 aliphatic heterocycles. The van der Waals surface area contributed by atoms with Crippen LogP contribution in [0.1, 0.15) is 16.2 Å². The predicted octanol–water partition coefficient (Wildman–Crippen LogP) is 3.00. The fraction of sp³-hybridized carbons (Fsp3) is 0.0588. The fourth-order valence-electron chi connectivity index (χ4n) is 2.39. The van der Waals surface area contributed by atoms with Crippen molar-refractivity contribution in [3.05, 3.63) is 69.6 Å². The molecule has 25 heavy (non-hydrogen) atoms. The maximum Gasteiger partial charge on any atom is 0.339 e. The quantitative estimate of drug-likeness (QED) is 0.566. The average Bonchev–Trinajstić information content (AvgIpc) is 3.30. The normalized spacial score (nSPS) is 10.9. The number of esters is 1. The maximum atomic E-state index is 12.4. The van der Waals surface area contributed by atoms with E-state index in [9.17, 15) is 9.59 Å². The van der Waals surface area contributed by atoms with Crippen molar-refractivity contribution in [3.63, 3.8) is 0 Å². The standard InChI is InChI=1S/C17H11N3O4S/c21-15-8-11(10-4-1-2-5-12(10)18-15)17(22)23-9-14-19-16(24-20-14)13-6-3-7-25-13/h1-8H,9H2,(H,18,21). The van der Waals surface area contributed by atoms with Crippen LogP contribution >= 0.6 is 11.3 Å². The summed E-state index contributed by atoms with van der Waals surface area (Å²) in [5.74, 6) is 0.0123. The van der Waals surface area contributed by atoms with Crippen molar-refractivity contribution in [1.82, 2.24) is 15.1 Å². The summed E-state index contributed by atoms with van der Waals surface area (Å²) in [6, 6.07) is 12.0. The van der Waals surface area contributed by atoms with Crippen molar-refractivity contribution in [2.24, 2.45) is 0 Å². The largest absolute Gasteiger partial charge is 0.454 e. The van der Waals surface area contributed by atoms with Gasteiger partial charge in [-0.05, 0) is 17.5 Å². The molecule has 0 radical (unpaired) electrons. The molecule has 0 atom stereocenters. The summed E-state index contributed by atoms with van der Waals surface area (Å²) in [6.45, 7) is -0.144. The molecule has 1 aromatic carbocycles. The highest BCUT2D eigenvalue weighted by atomic mass is 32.1. The van der Waals surface area contributed by atoms with Gasteiger partial charge < -0.3 is 14.2 Å². The zero-order chi connectivity index (χ0) is 17.2. The van der Waals surface area contributed by atoms with Crippen LogP contribution < -0.4 is 5.56 Å². The Morgan fingerprint density at radius 3 is 2.96 bits per heavy atom. The van der Waals surface area contributed by atoms with Gasteiger partial charge in [-0.1, -0.05) is 29.4 Å². The van der Waals surface area contributed by atoms with Gasteiger partial charge in [-0.2, -0.15) is 4.98 Å². The first-order valence-corrected chi connectivity index (χ1v) is 8.24. The Bertz CT molecular complexity index is 1100. The summed E-state index contributed by atoms with van der Waals surface area (Å²) in [5, 5.41) is 6.30. The summed E-state index contributed by atoms with van der Waals surface area (Å²) >= 11 is 1.47. The summed E-state index contributed by atoms with van der Waals surface area (Å²) in [6.07, 6.45) is 0. The Morgan fingerprint density at radius 2 is 2.12 bits per heavy atom. The molecule has 0 bridgehead atoms. The molecule has 4 aromatic rings. The molecule has 3 aromatic heterocycles. The first kappa shape index (κ1) is 15.3. The number of pyridine rings is 1. The Kier molecular flexibility index (Phi) is 3.87. The number of thiophene rings is 1. The number of carbonyl (C=O) groups excluding carboxylic acids is 1. The summed E-state index contributed by atoms with van der Waals surface area (Å²) < 4.78 is 10.4. The fourth-order valence-corrected chi connectivity index (χ4v) is 3.04. The topological polar surface area (TPSA) is 98.1 Å². The number of nitrogens with zero attached hydrogens (tertiary/aromatic N) is 2. The van der Waals surface area contributed by atoms with Gasteiger partial charge in [-0.15, -0.1) is 11.3 Å². The third kappa shape index (κ3) is 3.07. The predicted molar refractivity (Wildman–Crippen MR) is 91.3 cm³/mol. The minimum absolute atomic E-state index is 0.144. The molecular formula is C17H11N3O4S. The molecule has 0 fully saturated rings. The highest BCUT2D eigenvalue weighted by Crippen LogP contribution is 2.22. The summed E-state index contributed by atoms with van der Waals surface area (Å²) in [5.41, 5.74) is 0.396. The number of para-hydroxylation sites is 1. The number of fused-ring (bicyclic) bond motifs is 1. The van der Waals surface area contributed by atoms with E-state index >= 15 is 0 Å². The minimum atomic E-state index is -0.621. The molecule has 0 spiro atoms. The average molecular weight is 353 g/mol. The van der Waals surface area contributed by atoms with Gasteiger partial charge in [-0.25, -0.2) is 4.79 Å². The lowest BCUT2D eigenvalue weighted by Gasteiger charge is -2.05. The lowest BCUT2D eigenvalue weighted by molar-refractivity contribution is 0.0462. The van der Waals surface area contributed by atoms with Crippen LogP contribution in [0.4, 0.5) is 0 Å². The van der Waals surface area contributed by atoms with Crippen molar-refractivity contribution in [2.75, 3.05) is 0 Å². The van der Waals surface area contributed by atoms with Crippen LogP contribution in [0, 0.1) is 0 Å². The van der Waals surface area contributed by atoms with E-state index in [1.54, 1.807) is 24.3 Å². The molecule has 0 saturated carbocycles. The molecule has 0 unspecified atom stereocenters. The van der Waals surface area contributed by atoms with E-state index in [0.717, 1.165) is 4.88 Å². The highest BCUT2D eigenvalue weighted by molar-refractivity contribution is 7.13. The van der Waals surface area contributed by atoms with Crippen LogP contribution in [0.5, 0.6) is 0 Å². The molecular weight excluding hydrogens is 342 g/mol. The Morgan fingerprint density at radius 1 is 1.24 bits per heavy atom. The first-order chi connectivity index (χ1) is 12.2. The molecule has 1 N–H and O–H groups in total. The van der Waals surface area contributed by atoms with Gasteiger partial charge in [0.1, 0.15) is 0 Å². The van der Waals surface area contributed by atoms with E-state index in [1.807, 2.05) is 17.5 Å². The lowest BCUT2D eigenvalue weighted by atomic mass is 10.1. The van der Waals surface area contributed by atoms with Crippen molar-refractivity contribution >= 4 is 28.2 Å². The number of nitrogens with one attached hydrogen (secondary N) is 1. The molecule has 4 rings (SSSR count). The van der Waals surface area contributed by atoms with Crippen LogP contribution in [0.15, 0.2) is 57.2 Å². The van der Waals surface area contributed by atoms with Gasteiger partial charge in [0, 0.05) is 17.0 Å². The Balaban J connectivity index is 1.54. The maximum absolute atomic E-state index is 12.4. The number of aromatic nitrogens is 3. The van der Waals surface area contributed by atoms with E-state index in [1.165, 1.54) is 17.4 Å². The number of H-pyrrole nitrogens is 1. The van der Waals surface area contributed by atoms with Crippen molar-refractivity contribution in [3.8, 4) is 10.8 Å². The van der Waals surface area contributed by atoms with Gasteiger partial charge in [-0.3, -0.25) is 4.79 Å². The molecule has 124 valence electrons. The number of carbonyl (C=O) groups is 1. The van der Waals surface area contributed by atoms with Gasteiger partial charge in [0.15, 0.2) is 6.61 Å². The number of ether oxygens (including phenoxy) is 1. The van der Waals surface area contributed by atoms with E-state index in [2.05, 4.69) is 15.1 Å². The third-order valence-electron chi connectivity index (χ3n) is 3.50. The van der Waals surface area contributed by atoms with Crippen LogP contribution in [0.2, 0.25) is 0 Å². The zero-order valence-electron chi connectivity index (χ0n) is 12.8. The summed E-state index contributed by atoms with van der Waals surface area (Å²) in [4.78, 5) is 31.8. The van der Waals surface area contributed by atoms with Crippen LogP contribution in [0.25, 0.3) is 21.7 Å². The summed E-state index contributed by atoms with van der Waals surface area (Å²) in [7, 11) is 0. The van der Waals surface area contributed by atoms with Gasteiger partial charge >= 0.3 is 5.97 Å². The smallest absolute Gasteiger partial charge is 0.339 e. The van der Waals surface area contributed by atoms with Crippen LogP contribution in [-0.4, -0.2) is 21.1 Å². The monoisotopic (exact) mass is 353 g/mol. The molecule has 0 saturated heterocycles. The van der Waals surface area contributed by atoms with Crippen LogP contribution in [-0.2, 0) is 11.3 Å². The van der Waals surface area contributed by atoms with Crippen LogP contribution in [0.3, 0.4) is 0 Å². The number of hydrogen-bond donors (Lipinski definition) is 1. The third-order valence-corrected chi connectivity index (χ3v) is 4.36. The minimum Gasteiger partial charge on any atom is -0.454 e. The SMILES string of the molecule is O=C(OCc1noc(-c2cccs2)n1)c1cc(=O)[nH]c2ccccc12. The van der Waals surface area contributed by atoms with Crippen molar-refractivity contribution in [2.45, 2.75) is 6.61 Å². The molecule has 3 heterocycles. The Labute approximate surface area is 144 Å². The van der Waals surface area contributed by atoms with Crippen molar-refractivity contribution in [1.29, 1.82) is 0 Å². The number of benzene rings is 1. The van der Waals surface area contributed by atoms with E-state index in [0.29, 0.717) is 16.8 Å². The molecule has 0 amide bonds. The van der Waals surface area contributed by atoms with E-state index in [4.69, 9.17) is 9.26 Å². The van der Waals surface area contributed by atoms with Gasteiger partial charge in [0.2, 0.25) is 11.4 Å². The highest BCUT2D eigenvalue weighted by Gasteiger charge is 2.15. The second kappa shape index (κ2) is 6.33. The zero-order valence-corrected chi connectivity index (χ0v) is 13.6. The number of hydrogen-bond acceptors (Lipinski definition) is 7.